The highest BCUT2D eigenvalue weighted by Crippen LogP contribution is 2.26. The van der Waals surface area contributed by atoms with Crippen molar-refractivity contribution in [2.45, 2.75) is 13.8 Å². The number of aromatic nitrogens is 4. The molecular formula is C20H16ClN5O. The Bertz CT molecular complexity index is 1090. The van der Waals surface area contributed by atoms with E-state index in [-0.39, 0.29) is 0 Å². The van der Waals surface area contributed by atoms with Gasteiger partial charge >= 0.3 is 6.01 Å². The Balaban J connectivity index is 1.53. The fraction of sp³-hybridized carbons (Fsp3) is 0.100. The molecule has 0 atom stereocenters. The molecule has 134 valence electrons. The van der Waals surface area contributed by atoms with Crippen molar-refractivity contribution in [2.24, 2.45) is 0 Å². The van der Waals surface area contributed by atoms with Crippen LogP contribution in [0.1, 0.15) is 11.4 Å². The van der Waals surface area contributed by atoms with Crippen LogP contribution in [0.25, 0.3) is 11.0 Å². The van der Waals surface area contributed by atoms with E-state index in [9.17, 15) is 0 Å². The van der Waals surface area contributed by atoms with E-state index in [2.05, 4.69) is 25.3 Å². The third kappa shape index (κ3) is 3.96. The van der Waals surface area contributed by atoms with Crippen LogP contribution in [0.15, 0.2) is 54.6 Å². The van der Waals surface area contributed by atoms with Crippen LogP contribution in [0.3, 0.4) is 0 Å². The Labute approximate surface area is 161 Å². The first-order valence-electron chi connectivity index (χ1n) is 8.36. The summed E-state index contributed by atoms with van der Waals surface area (Å²) in [7, 11) is 0. The van der Waals surface area contributed by atoms with Crippen LogP contribution in [0, 0.1) is 13.8 Å². The van der Waals surface area contributed by atoms with Crippen molar-refractivity contribution < 1.29 is 4.74 Å². The molecule has 27 heavy (non-hydrogen) atoms. The van der Waals surface area contributed by atoms with E-state index in [0.717, 1.165) is 28.1 Å². The third-order valence-corrected chi connectivity index (χ3v) is 4.08. The van der Waals surface area contributed by atoms with E-state index in [4.69, 9.17) is 16.3 Å². The highest BCUT2D eigenvalue weighted by atomic mass is 35.5. The van der Waals surface area contributed by atoms with Crippen LogP contribution in [0.2, 0.25) is 5.15 Å². The van der Waals surface area contributed by atoms with E-state index in [1.807, 2.05) is 68.4 Å². The van der Waals surface area contributed by atoms with Gasteiger partial charge in [0.2, 0.25) is 0 Å². The number of nitrogens with zero attached hydrogens (tertiary/aromatic N) is 4. The molecule has 0 saturated heterocycles. The zero-order valence-electron chi connectivity index (χ0n) is 14.8. The smallest absolute Gasteiger partial charge is 0.322 e. The van der Waals surface area contributed by atoms with Gasteiger partial charge in [0.15, 0.2) is 11.0 Å². The topological polar surface area (TPSA) is 72.8 Å². The molecule has 4 aromatic rings. The highest BCUT2D eigenvalue weighted by Gasteiger charge is 2.08. The first-order chi connectivity index (χ1) is 13.1. The lowest BCUT2D eigenvalue weighted by atomic mass is 10.3. The largest absolute Gasteiger partial charge is 0.424 e. The molecule has 0 aliphatic carbocycles. The molecule has 0 aliphatic rings. The average Bonchev–Trinajstić information content (AvgIpc) is 2.63. The fourth-order valence-electron chi connectivity index (χ4n) is 2.65. The lowest BCUT2D eigenvalue weighted by molar-refractivity contribution is 0.439. The van der Waals surface area contributed by atoms with Gasteiger partial charge in [-0.25, -0.2) is 19.9 Å². The third-order valence-electron chi connectivity index (χ3n) is 3.82. The van der Waals surface area contributed by atoms with Crippen molar-refractivity contribution in [1.29, 1.82) is 0 Å². The quantitative estimate of drug-likeness (QED) is 0.525. The van der Waals surface area contributed by atoms with Crippen molar-refractivity contribution >= 4 is 34.1 Å². The van der Waals surface area contributed by atoms with Gasteiger partial charge in [0.25, 0.3) is 0 Å². The maximum absolute atomic E-state index is 6.24. The van der Waals surface area contributed by atoms with E-state index in [0.29, 0.717) is 22.7 Å². The van der Waals surface area contributed by atoms with Crippen molar-refractivity contribution in [3.63, 3.8) is 0 Å². The monoisotopic (exact) mass is 377 g/mol. The molecule has 0 fully saturated rings. The molecule has 7 heteroatoms. The second-order valence-corrected chi connectivity index (χ2v) is 6.39. The highest BCUT2D eigenvalue weighted by molar-refractivity contribution is 6.32. The van der Waals surface area contributed by atoms with Crippen LogP contribution in [0.4, 0.5) is 11.5 Å². The molecule has 2 aromatic heterocycles. The Kier molecular flexibility index (Phi) is 4.56. The van der Waals surface area contributed by atoms with Gasteiger partial charge in [-0.3, -0.25) is 0 Å². The summed E-state index contributed by atoms with van der Waals surface area (Å²) in [6.07, 6.45) is 0. The van der Waals surface area contributed by atoms with Gasteiger partial charge in [-0.1, -0.05) is 23.7 Å². The summed E-state index contributed by atoms with van der Waals surface area (Å²) < 4.78 is 5.72. The Morgan fingerprint density at radius 3 is 2.11 bits per heavy atom. The molecule has 0 saturated carbocycles. The maximum Gasteiger partial charge on any atom is 0.322 e. The minimum Gasteiger partial charge on any atom is -0.424 e. The van der Waals surface area contributed by atoms with Gasteiger partial charge in [-0.2, -0.15) is 0 Å². The molecule has 6 nitrogen and oxygen atoms in total. The number of nitrogens with one attached hydrogen (secondary N) is 1. The summed E-state index contributed by atoms with van der Waals surface area (Å²) in [5, 5.41) is 3.50. The number of fused-ring (bicyclic) bond motifs is 1. The molecule has 2 heterocycles. The molecule has 2 aromatic carbocycles. The van der Waals surface area contributed by atoms with Gasteiger partial charge in [0, 0.05) is 17.1 Å². The van der Waals surface area contributed by atoms with E-state index < -0.39 is 0 Å². The van der Waals surface area contributed by atoms with Crippen molar-refractivity contribution in [3.05, 3.63) is 71.1 Å². The predicted molar refractivity (Wildman–Crippen MR) is 106 cm³/mol. The number of hydrogen-bond acceptors (Lipinski definition) is 6. The first kappa shape index (κ1) is 17.2. The lowest BCUT2D eigenvalue weighted by Gasteiger charge is -2.09. The van der Waals surface area contributed by atoms with Crippen LogP contribution in [-0.4, -0.2) is 19.9 Å². The Morgan fingerprint density at radius 2 is 1.44 bits per heavy atom. The van der Waals surface area contributed by atoms with E-state index in [1.165, 1.54) is 0 Å². The summed E-state index contributed by atoms with van der Waals surface area (Å²) in [5.74, 6) is 1.14. The number of benzene rings is 2. The van der Waals surface area contributed by atoms with Crippen LogP contribution in [-0.2, 0) is 0 Å². The minimum atomic E-state index is 0.317. The van der Waals surface area contributed by atoms with Gasteiger partial charge < -0.3 is 10.1 Å². The molecule has 0 radical (unpaired) electrons. The number of aryl methyl sites for hydroxylation is 2. The number of rotatable bonds is 4. The second kappa shape index (κ2) is 7.17. The normalized spacial score (nSPS) is 10.8. The molecule has 0 unspecified atom stereocenters. The molecule has 0 aliphatic heterocycles. The van der Waals surface area contributed by atoms with Gasteiger partial charge in [0.05, 0.1) is 11.0 Å². The number of hydrogen-bond donors (Lipinski definition) is 1. The van der Waals surface area contributed by atoms with Gasteiger partial charge in [0.1, 0.15) is 5.75 Å². The van der Waals surface area contributed by atoms with Crippen LogP contribution in [0.5, 0.6) is 11.8 Å². The molecule has 4 rings (SSSR count). The molecule has 0 spiro atoms. The summed E-state index contributed by atoms with van der Waals surface area (Å²) in [6, 6.07) is 17.2. The van der Waals surface area contributed by atoms with Crippen molar-refractivity contribution in [1.82, 2.24) is 19.9 Å². The van der Waals surface area contributed by atoms with Gasteiger partial charge in [-0.05, 0) is 56.3 Å². The SMILES string of the molecule is Cc1cc(C)nc(Oc2ccc(Nc3nc4ccccc4nc3Cl)cc2)n1. The summed E-state index contributed by atoms with van der Waals surface area (Å²) in [6.45, 7) is 3.81. The first-order valence-corrected chi connectivity index (χ1v) is 8.74. The summed E-state index contributed by atoms with van der Waals surface area (Å²) in [5.41, 5.74) is 4.07. The number of para-hydroxylation sites is 2. The predicted octanol–water partition coefficient (Wildman–Crippen LogP) is 5.23. The number of ether oxygens (including phenoxy) is 1. The fourth-order valence-corrected chi connectivity index (χ4v) is 2.83. The zero-order valence-corrected chi connectivity index (χ0v) is 15.5. The van der Waals surface area contributed by atoms with Crippen LogP contribution >= 0.6 is 11.6 Å². The molecular weight excluding hydrogens is 362 g/mol. The maximum atomic E-state index is 6.24. The zero-order chi connectivity index (χ0) is 18.8. The molecule has 0 bridgehead atoms. The number of anilines is 2. The van der Waals surface area contributed by atoms with Crippen LogP contribution < -0.4 is 10.1 Å². The molecule has 0 amide bonds. The van der Waals surface area contributed by atoms with E-state index >= 15 is 0 Å². The average molecular weight is 378 g/mol. The molecule has 1 N–H and O–H groups in total. The summed E-state index contributed by atoms with van der Waals surface area (Å²) in [4.78, 5) is 17.4. The van der Waals surface area contributed by atoms with Crippen molar-refractivity contribution in [2.75, 3.05) is 5.32 Å². The lowest BCUT2D eigenvalue weighted by Crippen LogP contribution is -1.98. The standard InChI is InChI=1S/C20H16ClN5O/c1-12-11-13(2)23-20(22-12)27-15-9-7-14(8-10-15)24-19-18(21)25-16-5-3-4-6-17(16)26-19/h3-11H,1-2H3,(H,24,26). The van der Waals surface area contributed by atoms with Crippen molar-refractivity contribution in [3.8, 4) is 11.8 Å². The Morgan fingerprint density at radius 1 is 0.815 bits per heavy atom. The minimum absolute atomic E-state index is 0.317. The van der Waals surface area contributed by atoms with E-state index in [1.54, 1.807) is 0 Å². The second-order valence-electron chi connectivity index (χ2n) is 6.04. The number of halogens is 1. The Hall–Kier alpha value is -3.25. The summed E-state index contributed by atoms with van der Waals surface area (Å²) >= 11 is 6.24. The van der Waals surface area contributed by atoms with Gasteiger partial charge in [-0.15, -0.1) is 0 Å².